The van der Waals surface area contributed by atoms with Crippen molar-refractivity contribution in [3.05, 3.63) is 47.4 Å². The number of pyridine rings is 1. The number of anilines is 1. The van der Waals surface area contributed by atoms with Gasteiger partial charge in [0.15, 0.2) is 15.4 Å². The SMILES string of the molecule is Bc1ccc(NC(=O)[C@@](C)(O)CS(=O)(=O)c2ccc(C(=O)NC)c(F)c2)nc1C(F)(F)F. The van der Waals surface area contributed by atoms with E-state index in [9.17, 15) is 40.7 Å². The molecule has 0 aliphatic rings. The maximum atomic E-state index is 14.1. The average Bonchev–Trinajstić information content (AvgIpc) is 2.67. The van der Waals surface area contributed by atoms with Gasteiger partial charge in [-0.05, 0) is 31.2 Å². The number of carbonyl (C=O) groups is 2. The lowest BCUT2D eigenvalue weighted by Crippen LogP contribution is -2.46. The van der Waals surface area contributed by atoms with Crippen LogP contribution in [0.15, 0.2) is 35.2 Å². The Morgan fingerprint density at radius 2 is 1.81 bits per heavy atom. The summed E-state index contributed by atoms with van der Waals surface area (Å²) in [6.07, 6.45) is -4.79. The van der Waals surface area contributed by atoms with Gasteiger partial charge in [-0.1, -0.05) is 11.5 Å². The maximum absolute atomic E-state index is 14.1. The molecule has 1 aromatic heterocycles. The summed E-state index contributed by atoms with van der Waals surface area (Å²) in [6.45, 7) is 0.827. The van der Waals surface area contributed by atoms with Crippen LogP contribution >= 0.6 is 0 Å². The van der Waals surface area contributed by atoms with Gasteiger partial charge in [0, 0.05) is 7.05 Å². The predicted molar refractivity (Wildman–Crippen MR) is 109 cm³/mol. The van der Waals surface area contributed by atoms with Gasteiger partial charge < -0.3 is 15.7 Å². The normalized spacial score (nSPS) is 13.8. The highest BCUT2D eigenvalue weighted by molar-refractivity contribution is 7.91. The molecule has 2 aromatic rings. The van der Waals surface area contributed by atoms with Crippen LogP contribution in [0.2, 0.25) is 0 Å². The van der Waals surface area contributed by atoms with E-state index in [-0.39, 0.29) is 5.46 Å². The molecule has 1 heterocycles. The lowest BCUT2D eigenvalue weighted by Gasteiger charge is -2.22. The number of benzene rings is 1. The van der Waals surface area contributed by atoms with Crippen molar-refractivity contribution in [1.29, 1.82) is 0 Å². The second kappa shape index (κ2) is 8.86. The Morgan fingerprint density at radius 3 is 2.34 bits per heavy atom. The number of aromatic nitrogens is 1. The van der Waals surface area contributed by atoms with Gasteiger partial charge in [-0.2, -0.15) is 13.2 Å². The molecule has 0 saturated carbocycles. The van der Waals surface area contributed by atoms with E-state index < -0.39 is 67.0 Å². The fourth-order valence-electron chi connectivity index (χ4n) is 2.66. The zero-order valence-corrected chi connectivity index (χ0v) is 17.9. The summed E-state index contributed by atoms with van der Waals surface area (Å²) >= 11 is 0. The van der Waals surface area contributed by atoms with E-state index in [0.717, 1.165) is 31.2 Å². The first-order chi connectivity index (χ1) is 14.6. The number of carbonyl (C=O) groups excluding carboxylic acids is 2. The first-order valence-electron chi connectivity index (χ1n) is 8.91. The molecule has 32 heavy (non-hydrogen) atoms. The monoisotopic (exact) mass is 475 g/mol. The van der Waals surface area contributed by atoms with E-state index in [1.807, 2.05) is 5.32 Å². The molecule has 0 aliphatic heterocycles. The molecule has 2 rings (SSSR count). The van der Waals surface area contributed by atoms with Crippen molar-refractivity contribution >= 4 is 40.8 Å². The van der Waals surface area contributed by atoms with E-state index in [0.29, 0.717) is 6.07 Å². The summed E-state index contributed by atoms with van der Waals surface area (Å²) in [5.41, 5.74) is -4.48. The Bertz CT molecular complexity index is 1170. The minimum atomic E-state index is -4.79. The molecule has 1 atom stereocenters. The zero-order valence-electron chi connectivity index (χ0n) is 17.0. The first kappa shape index (κ1) is 25.3. The minimum Gasteiger partial charge on any atom is -0.379 e. The molecular formula is C18H18BF4N3O5S. The molecule has 1 aromatic carbocycles. The molecule has 0 spiro atoms. The molecule has 8 nitrogen and oxygen atoms in total. The molecule has 172 valence electrons. The Balaban J connectivity index is 2.26. The van der Waals surface area contributed by atoms with E-state index in [1.165, 1.54) is 14.9 Å². The van der Waals surface area contributed by atoms with Gasteiger partial charge in [-0.3, -0.25) is 9.59 Å². The van der Waals surface area contributed by atoms with Crippen molar-refractivity contribution in [3.8, 4) is 0 Å². The van der Waals surface area contributed by atoms with Crippen molar-refractivity contribution in [2.75, 3.05) is 18.1 Å². The highest BCUT2D eigenvalue weighted by Crippen LogP contribution is 2.27. The van der Waals surface area contributed by atoms with Crippen LogP contribution in [0.4, 0.5) is 23.4 Å². The number of amides is 2. The summed E-state index contributed by atoms with van der Waals surface area (Å²) in [5.74, 6) is -5.04. The van der Waals surface area contributed by atoms with Crippen LogP contribution in [0.3, 0.4) is 0 Å². The second-order valence-electron chi connectivity index (χ2n) is 7.07. The largest absolute Gasteiger partial charge is 0.432 e. The zero-order chi connectivity index (χ0) is 24.5. The van der Waals surface area contributed by atoms with Gasteiger partial charge in [0.05, 0.1) is 16.2 Å². The first-order valence-corrected chi connectivity index (χ1v) is 10.6. The van der Waals surface area contributed by atoms with Gasteiger partial charge in [-0.25, -0.2) is 17.8 Å². The summed E-state index contributed by atoms with van der Waals surface area (Å²) in [4.78, 5) is 26.6. The fourth-order valence-corrected chi connectivity index (χ4v) is 4.26. The van der Waals surface area contributed by atoms with E-state index in [4.69, 9.17) is 0 Å². The van der Waals surface area contributed by atoms with Crippen LogP contribution in [0.5, 0.6) is 0 Å². The molecule has 0 bridgehead atoms. The standard InChI is InChI=1S/C18H18BF4N3O5S/c1-17(29,16(28)26-13-6-5-11(19)14(25-13)18(21,22)23)8-32(30,31)9-3-4-10(12(20)7-9)15(27)24-2/h3-7,29H,8,19H2,1-2H3,(H,24,27)(H,25,26,28)/t17-/m0/s1. The van der Waals surface area contributed by atoms with E-state index in [1.54, 1.807) is 0 Å². The van der Waals surface area contributed by atoms with E-state index >= 15 is 0 Å². The number of hydrogen-bond donors (Lipinski definition) is 3. The second-order valence-corrected chi connectivity index (χ2v) is 9.06. The number of rotatable bonds is 6. The molecule has 0 aliphatic carbocycles. The van der Waals surface area contributed by atoms with Gasteiger partial charge in [-0.15, -0.1) is 0 Å². The van der Waals surface area contributed by atoms with Crippen molar-refractivity contribution in [1.82, 2.24) is 10.3 Å². The number of alkyl halides is 3. The predicted octanol–water partition coefficient (Wildman–Crippen LogP) is 0.0209. The smallest absolute Gasteiger partial charge is 0.379 e. The van der Waals surface area contributed by atoms with Crippen LogP contribution in [-0.2, 0) is 20.8 Å². The molecular weight excluding hydrogens is 457 g/mol. The Kier molecular flexibility index (Phi) is 7.00. The van der Waals surface area contributed by atoms with Crippen LogP contribution in [0.1, 0.15) is 23.0 Å². The third-order valence-corrected chi connectivity index (χ3v) is 6.25. The number of hydrogen-bond acceptors (Lipinski definition) is 6. The number of sulfone groups is 1. The Hall–Kier alpha value is -3.00. The lowest BCUT2D eigenvalue weighted by molar-refractivity contribution is -0.140. The lowest BCUT2D eigenvalue weighted by atomic mass is 9.94. The van der Waals surface area contributed by atoms with Gasteiger partial charge in [0.25, 0.3) is 11.8 Å². The van der Waals surface area contributed by atoms with Crippen LogP contribution in [-0.4, -0.2) is 56.6 Å². The molecule has 3 N–H and O–H groups in total. The van der Waals surface area contributed by atoms with Crippen molar-refractivity contribution < 1.29 is 40.7 Å². The Morgan fingerprint density at radius 1 is 1.19 bits per heavy atom. The molecule has 0 fully saturated rings. The van der Waals surface area contributed by atoms with Gasteiger partial charge in [0.1, 0.15) is 25.2 Å². The van der Waals surface area contributed by atoms with E-state index in [2.05, 4.69) is 10.3 Å². The number of nitrogens with one attached hydrogen (secondary N) is 2. The van der Waals surface area contributed by atoms with Gasteiger partial charge in [0.2, 0.25) is 0 Å². The quantitative estimate of drug-likeness (QED) is 0.400. The summed E-state index contributed by atoms with van der Waals surface area (Å²) in [7, 11) is -2.03. The third-order valence-electron chi connectivity index (χ3n) is 4.34. The van der Waals surface area contributed by atoms with Gasteiger partial charge >= 0.3 is 6.18 Å². The summed E-state index contributed by atoms with van der Waals surface area (Å²) < 4.78 is 78.2. The van der Waals surface area contributed by atoms with Crippen molar-refractivity contribution in [2.24, 2.45) is 0 Å². The number of nitrogens with zero attached hydrogens (tertiary/aromatic N) is 1. The Labute approximate surface area is 181 Å². The fraction of sp³-hybridized carbons (Fsp3) is 0.278. The van der Waals surface area contributed by atoms with Crippen LogP contribution in [0, 0.1) is 5.82 Å². The summed E-state index contributed by atoms with van der Waals surface area (Å²) in [5, 5.41) is 14.5. The average molecular weight is 475 g/mol. The number of aliphatic hydroxyl groups is 1. The molecule has 0 radical (unpaired) electrons. The third kappa shape index (κ3) is 5.62. The minimum absolute atomic E-state index is 0.202. The molecule has 2 amide bonds. The molecule has 14 heteroatoms. The summed E-state index contributed by atoms with van der Waals surface area (Å²) in [6, 6.07) is 4.51. The molecule has 0 unspecified atom stereocenters. The van der Waals surface area contributed by atoms with Crippen molar-refractivity contribution in [3.63, 3.8) is 0 Å². The van der Waals surface area contributed by atoms with Crippen LogP contribution < -0.4 is 16.1 Å². The van der Waals surface area contributed by atoms with Crippen LogP contribution in [0.25, 0.3) is 0 Å². The number of halogens is 4. The van der Waals surface area contributed by atoms with Crippen molar-refractivity contribution in [2.45, 2.75) is 23.6 Å². The highest BCUT2D eigenvalue weighted by Gasteiger charge is 2.38. The molecule has 0 saturated heterocycles. The highest BCUT2D eigenvalue weighted by atomic mass is 32.2. The topological polar surface area (TPSA) is 125 Å². The maximum Gasteiger partial charge on any atom is 0.432 e.